The van der Waals surface area contributed by atoms with Crippen LogP contribution in [0.25, 0.3) is 0 Å². The lowest BCUT2D eigenvalue weighted by Gasteiger charge is -2.19. The molecule has 1 aliphatic rings. The van der Waals surface area contributed by atoms with Crippen molar-refractivity contribution in [2.24, 2.45) is 0 Å². The normalized spacial score (nSPS) is 16.8. The van der Waals surface area contributed by atoms with Crippen LogP contribution in [0.15, 0.2) is 35.4 Å². The van der Waals surface area contributed by atoms with Gasteiger partial charge in [-0.3, -0.25) is 4.18 Å². The van der Waals surface area contributed by atoms with Gasteiger partial charge in [-0.25, -0.2) is 4.79 Å². The fourth-order valence-corrected chi connectivity index (χ4v) is 4.06. The maximum absolute atomic E-state index is 11.8. The second-order valence-corrected chi connectivity index (χ2v) is 10.7. The van der Waals surface area contributed by atoms with Crippen molar-refractivity contribution in [1.82, 2.24) is 10.6 Å². The zero-order valence-electron chi connectivity index (χ0n) is 17.4. The van der Waals surface area contributed by atoms with Crippen LogP contribution in [0, 0.1) is 0 Å². The monoisotopic (exact) mass is 442 g/mol. The largest absolute Gasteiger partial charge is 0.444 e. The molecule has 1 aliphatic heterocycles. The van der Waals surface area contributed by atoms with E-state index in [4.69, 9.17) is 8.92 Å². The summed E-state index contributed by atoms with van der Waals surface area (Å²) in [6.45, 7) is 6.16. The molecule has 0 fully saturated rings. The van der Waals surface area contributed by atoms with E-state index in [0.717, 1.165) is 29.6 Å². The number of unbranched alkanes of at least 4 members (excludes halogenated alkanes) is 1. The first-order valence-electron chi connectivity index (χ1n) is 9.54. The van der Waals surface area contributed by atoms with Gasteiger partial charge < -0.3 is 15.4 Å². The highest BCUT2D eigenvalue weighted by Crippen LogP contribution is 2.36. The molecule has 2 N–H and O–H groups in total. The lowest BCUT2D eigenvalue weighted by Crippen LogP contribution is -2.33. The second-order valence-electron chi connectivity index (χ2n) is 7.86. The average Bonchev–Trinajstić information content (AvgIpc) is 3.07. The molecule has 1 atom stereocenters. The number of hydrogen-bond donors (Lipinski definition) is 2. The van der Waals surface area contributed by atoms with Crippen molar-refractivity contribution < 1.29 is 22.1 Å². The van der Waals surface area contributed by atoms with Crippen LogP contribution in [-0.4, -0.2) is 39.5 Å². The number of alkyl carbamates (subject to hydrolysis) is 1. The molecule has 2 rings (SSSR count). The van der Waals surface area contributed by atoms with Crippen LogP contribution in [0.1, 0.15) is 50.1 Å². The smallest absolute Gasteiger partial charge is 0.407 e. The van der Waals surface area contributed by atoms with E-state index >= 15 is 0 Å². The third-order valence-electron chi connectivity index (χ3n) is 3.91. The lowest BCUT2D eigenvalue weighted by molar-refractivity contribution is 0.0533. The van der Waals surface area contributed by atoms with Gasteiger partial charge in [-0.2, -0.15) is 8.42 Å². The number of thioether (sulfide) groups is 1. The summed E-state index contributed by atoms with van der Waals surface area (Å²) in [4.78, 5) is 12.8. The Labute approximate surface area is 177 Å². The van der Waals surface area contributed by atoms with Gasteiger partial charge in [0.05, 0.1) is 19.4 Å². The van der Waals surface area contributed by atoms with Crippen LogP contribution in [0.5, 0.6) is 0 Å². The van der Waals surface area contributed by atoms with Crippen LogP contribution in [0.4, 0.5) is 4.79 Å². The Morgan fingerprint density at radius 1 is 1.21 bits per heavy atom. The summed E-state index contributed by atoms with van der Waals surface area (Å²) >= 11 is 1.66. The van der Waals surface area contributed by atoms with E-state index < -0.39 is 21.8 Å². The summed E-state index contributed by atoms with van der Waals surface area (Å²) < 4.78 is 31.8. The minimum absolute atomic E-state index is 0.114. The van der Waals surface area contributed by atoms with E-state index in [9.17, 15) is 13.2 Å². The van der Waals surface area contributed by atoms with E-state index in [2.05, 4.69) is 34.9 Å². The molecule has 162 valence electrons. The Bertz CT molecular complexity index is 814. The van der Waals surface area contributed by atoms with E-state index in [1.165, 1.54) is 5.56 Å². The van der Waals surface area contributed by atoms with E-state index in [1.54, 1.807) is 11.8 Å². The Morgan fingerprint density at radius 3 is 2.52 bits per heavy atom. The summed E-state index contributed by atoms with van der Waals surface area (Å²) in [6.07, 6.45) is 5.01. The minimum atomic E-state index is -3.35. The molecule has 0 saturated carbocycles. The molecule has 0 spiro atoms. The number of carbonyl (C=O) groups is 1. The molecule has 0 aliphatic carbocycles. The van der Waals surface area contributed by atoms with Crippen molar-refractivity contribution in [3.63, 3.8) is 0 Å². The summed E-state index contributed by atoms with van der Waals surface area (Å²) in [5.41, 5.74) is 1.85. The summed E-state index contributed by atoms with van der Waals surface area (Å²) in [7, 11) is -3.35. The van der Waals surface area contributed by atoms with E-state index in [1.807, 2.05) is 27.0 Å². The lowest BCUT2D eigenvalue weighted by atomic mass is 10.1. The van der Waals surface area contributed by atoms with Crippen LogP contribution < -0.4 is 10.6 Å². The Kier molecular flexibility index (Phi) is 8.42. The van der Waals surface area contributed by atoms with E-state index in [-0.39, 0.29) is 12.0 Å². The first-order valence-corrected chi connectivity index (χ1v) is 12.2. The summed E-state index contributed by atoms with van der Waals surface area (Å²) in [5, 5.41) is 6.20. The topological polar surface area (TPSA) is 93.7 Å². The predicted molar refractivity (Wildman–Crippen MR) is 116 cm³/mol. The molecule has 0 saturated heterocycles. The fourth-order valence-electron chi connectivity index (χ4n) is 2.62. The molecular weight excluding hydrogens is 412 g/mol. The molecule has 1 aromatic carbocycles. The quantitative estimate of drug-likeness (QED) is 0.445. The molecular formula is C20H30N2O5S2. The zero-order valence-corrected chi connectivity index (χ0v) is 19.0. The van der Waals surface area contributed by atoms with Gasteiger partial charge in [0.2, 0.25) is 0 Å². The SMILES string of the molecule is CC(C)(C)OC(=O)NCC1=CNC(c2ccc(CCCCOS(C)(=O)=O)cc2)S1. The van der Waals surface area contributed by atoms with Gasteiger partial charge in [-0.05, 0) is 51.2 Å². The highest BCUT2D eigenvalue weighted by molar-refractivity contribution is 8.03. The van der Waals surface area contributed by atoms with Crippen LogP contribution in [-0.2, 0) is 25.5 Å². The number of carbonyl (C=O) groups excluding carboxylic acids is 1. The van der Waals surface area contributed by atoms with Gasteiger partial charge in [0.1, 0.15) is 11.0 Å². The molecule has 1 unspecified atom stereocenters. The summed E-state index contributed by atoms with van der Waals surface area (Å²) in [5.74, 6) is 0. The zero-order chi connectivity index (χ0) is 21.5. The first-order chi connectivity index (χ1) is 13.5. The molecule has 9 heteroatoms. The van der Waals surface area contributed by atoms with Crippen LogP contribution >= 0.6 is 11.8 Å². The number of ether oxygens (including phenoxy) is 1. The predicted octanol–water partition coefficient (Wildman–Crippen LogP) is 3.69. The Morgan fingerprint density at radius 2 is 1.90 bits per heavy atom. The number of nitrogens with one attached hydrogen (secondary N) is 2. The first kappa shape index (κ1) is 23.6. The van der Waals surface area contributed by atoms with Crippen LogP contribution in [0.2, 0.25) is 0 Å². The van der Waals surface area contributed by atoms with Crippen molar-refractivity contribution in [3.8, 4) is 0 Å². The molecule has 7 nitrogen and oxygen atoms in total. The minimum Gasteiger partial charge on any atom is -0.444 e. The van der Waals surface area contributed by atoms with Crippen molar-refractivity contribution in [3.05, 3.63) is 46.5 Å². The fraction of sp³-hybridized carbons (Fsp3) is 0.550. The van der Waals surface area contributed by atoms with Crippen molar-refractivity contribution in [2.75, 3.05) is 19.4 Å². The summed E-state index contributed by atoms with van der Waals surface area (Å²) in [6, 6.07) is 8.36. The van der Waals surface area contributed by atoms with Gasteiger partial charge >= 0.3 is 6.09 Å². The molecule has 0 aromatic heterocycles. The van der Waals surface area contributed by atoms with E-state index in [0.29, 0.717) is 13.0 Å². The van der Waals surface area contributed by atoms with Crippen molar-refractivity contribution >= 4 is 28.0 Å². The third-order valence-corrected chi connectivity index (χ3v) is 5.71. The Hall–Kier alpha value is -1.71. The highest BCUT2D eigenvalue weighted by Gasteiger charge is 2.21. The maximum Gasteiger partial charge on any atom is 0.407 e. The molecule has 1 amide bonds. The standard InChI is InChI=1S/C20H30N2O5S2/c1-20(2,3)27-19(23)22-14-17-13-21-18(28-17)16-10-8-15(9-11-16)7-5-6-12-26-29(4,24)25/h8-11,13,18,21H,5-7,12,14H2,1-4H3,(H,22,23). The van der Waals surface area contributed by atoms with Gasteiger partial charge in [0.15, 0.2) is 0 Å². The number of benzene rings is 1. The number of rotatable bonds is 9. The molecule has 0 radical (unpaired) electrons. The van der Waals surface area contributed by atoms with Gasteiger partial charge in [-0.15, -0.1) is 0 Å². The van der Waals surface area contributed by atoms with Crippen molar-refractivity contribution in [1.29, 1.82) is 0 Å². The molecule has 29 heavy (non-hydrogen) atoms. The van der Waals surface area contributed by atoms with Crippen molar-refractivity contribution in [2.45, 2.75) is 51.0 Å². The molecule has 1 heterocycles. The maximum atomic E-state index is 11.8. The Balaban J connectivity index is 1.71. The molecule has 1 aromatic rings. The van der Waals surface area contributed by atoms with Gasteiger partial charge in [0, 0.05) is 11.1 Å². The number of aryl methyl sites for hydroxylation is 1. The number of hydrogen-bond acceptors (Lipinski definition) is 7. The average molecular weight is 443 g/mol. The highest BCUT2D eigenvalue weighted by atomic mass is 32.2. The number of amides is 1. The third kappa shape index (κ3) is 9.56. The molecule has 0 bridgehead atoms. The van der Waals surface area contributed by atoms with Gasteiger partial charge in [-0.1, -0.05) is 36.0 Å². The van der Waals surface area contributed by atoms with Crippen LogP contribution in [0.3, 0.4) is 0 Å². The van der Waals surface area contributed by atoms with Gasteiger partial charge in [0.25, 0.3) is 10.1 Å². The second kappa shape index (κ2) is 10.4.